The van der Waals surface area contributed by atoms with E-state index in [9.17, 15) is 14.9 Å². The number of carbonyl (C=O) groups excluding carboxylic acids is 1. The first kappa shape index (κ1) is 18.5. The molecule has 0 bridgehead atoms. The number of fused-ring (bicyclic) bond motifs is 3. The number of pyridine rings is 1. The highest BCUT2D eigenvalue weighted by Crippen LogP contribution is 2.30. The van der Waals surface area contributed by atoms with Crippen molar-refractivity contribution in [1.29, 1.82) is 5.26 Å². The minimum atomic E-state index is -0.392. The average Bonchev–Trinajstić information content (AvgIpc) is 3.06. The molecule has 6 nitrogen and oxygen atoms in total. The topological polar surface area (TPSA) is 98.9 Å². The van der Waals surface area contributed by atoms with Gasteiger partial charge in [0.05, 0.1) is 0 Å². The number of hydrogen-bond donors (Lipinski definition) is 2. The third-order valence-electron chi connectivity index (χ3n) is 5.18. The Hall–Kier alpha value is -3.85. The number of aromatic amines is 1. The normalized spacial score (nSPS) is 10.9. The van der Waals surface area contributed by atoms with Gasteiger partial charge in [-0.05, 0) is 55.7 Å². The van der Waals surface area contributed by atoms with Crippen molar-refractivity contribution in [2.24, 2.45) is 0 Å². The third-order valence-corrected chi connectivity index (χ3v) is 5.18. The number of nitriles is 1. The van der Waals surface area contributed by atoms with Crippen LogP contribution >= 0.6 is 0 Å². The lowest BCUT2D eigenvalue weighted by molar-refractivity contribution is -0.116. The summed E-state index contributed by atoms with van der Waals surface area (Å²) in [4.78, 5) is 27.0. The number of amides is 1. The smallest absolute Gasteiger partial charge is 0.266 e. The van der Waals surface area contributed by atoms with Gasteiger partial charge in [-0.15, -0.1) is 0 Å². The van der Waals surface area contributed by atoms with E-state index in [1.165, 1.54) is 0 Å². The maximum atomic E-state index is 12.5. The van der Waals surface area contributed by atoms with Gasteiger partial charge in [0.25, 0.3) is 5.56 Å². The molecular weight excluding hydrogens is 366 g/mol. The first-order valence-electron chi connectivity index (χ1n) is 9.31. The van der Waals surface area contributed by atoms with Crippen LogP contribution in [0.15, 0.2) is 51.7 Å². The molecule has 29 heavy (non-hydrogen) atoms. The van der Waals surface area contributed by atoms with Crippen molar-refractivity contribution in [2.75, 3.05) is 5.32 Å². The van der Waals surface area contributed by atoms with Gasteiger partial charge in [0, 0.05) is 28.6 Å². The molecule has 0 spiro atoms. The number of aromatic nitrogens is 1. The number of H-pyrrole nitrogens is 1. The molecule has 4 rings (SSSR count). The zero-order valence-corrected chi connectivity index (χ0v) is 16.1. The second-order valence-corrected chi connectivity index (χ2v) is 7.03. The summed E-state index contributed by atoms with van der Waals surface area (Å²) in [5, 5.41) is 14.0. The molecule has 2 aromatic carbocycles. The highest BCUT2D eigenvalue weighted by Gasteiger charge is 2.14. The monoisotopic (exact) mass is 385 g/mol. The van der Waals surface area contributed by atoms with E-state index in [4.69, 9.17) is 4.42 Å². The zero-order valence-electron chi connectivity index (χ0n) is 16.1. The van der Waals surface area contributed by atoms with E-state index in [0.717, 1.165) is 27.5 Å². The van der Waals surface area contributed by atoms with Crippen LogP contribution in [0, 0.1) is 25.2 Å². The summed E-state index contributed by atoms with van der Waals surface area (Å²) in [5.74, 6) is -0.138. The van der Waals surface area contributed by atoms with E-state index < -0.39 is 5.56 Å². The van der Waals surface area contributed by atoms with Crippen molar-refractivity contribution in [3.05, 3.63) is 75.2 Å². The Morgan fingerprint density at radius 3 is 2.69 bits per heavy atom. The Morgan fingerprint density at radius 2 is 1.90 bits per heavy atom. The summed E-state index contributed by atoms with van der Waals surface area (Å²) < 4.78 is 5.81. The van der Waals surface area contributed by atoms with Crippen molar-refractivity contribution >= 4 is 33.5 Å². The fraction of sp³-hybridized carbons (Fsp3) is 0.174. The predicted octanol–water partition coefficient (Wildman–Crippen LogP) is 4.33. The predicted molar refractivity (Wildman–Crippen MR) is 112 cm³/mol. The van der Waals surface area contributed by atoms with Crippen molar-refractivity contribution < 1.29 is 9.21 Å². The van der Waals surface area contributed by atoms with Crippen LogP contribution in [0.5, 0.6) is 0 Å². The molecule has 0 aliphatic rings. The zero-order chi connectivity index (χ0) is 20.5. The molecule has 0 aliphatic heterocycles. The molecule has 0 fully saturated rings. The minimum Gasteiger partial charge on any atom is -0.456 e. The summed E-state index contributed by atoms with van der Waals surface area (Å²) in [6.07, 6.45) is 0.675. The second kappa shape index (κ2) is 7.28. The number of benzene rings is 2. The third kappa shape index (κ3) is 3.39. The van der Waals surface area contributed by atoms with Gasteiger partial charge < -0.3 is 14.7 Å². The molecule has 2 aromatic heterocycles. The molecule has 144 valence electrons. The van der Waals surface area contributed by atoms with Crippen LogP contribution < -0.4 is 10.9 Å². The Balaban J connectivity index is 1.53. The van der Waals surface area contributed by atoms with Gasteiger partial charge >= 0.3 is 0 Å². The van der Waals surface area contributed by atoms with Gasteiger partial charge in [0.2, 0.25) is 5.91 Å². The Bertz CT molecular complexity index is 1360. The van der Waals surface area contributed by atoms with E-state index in [1.54, 1.807) is 13.8 Å². The Morgan fingerprint density at radius 1 is 1.14 bits per heavy atom. The van der Waals surface area contributed by atoms with Gasteiger partial charge in [0.15, 0.2) is 0 Å². The maximum Gasteiger partial charge on any atom is 0.266 e. The summed E-state index contributed by atoms with van der Waals surface area (Å²) in [6.45, 7) is 3.52. The second-order valence-electron chi connectivity index (χ2n) is 7.03. The molecule has 0 radical (unpaired) electrons. The quantitative estimate of drug-likeness (QED) is 0.546. The fourth-order valence-electron chi connectivity index (χ4n) is 3.69. The summed E-state index contributed by atoms with van der Waals surface area (Å²) >= 11 is 0. The first-order valence-corrected chi connectivity index (χ1v) is 9.31. The van der Waals surface area contributed by atoms with E-state index in [2.05, 4.69) is 10.3 Å². The molecule has 0 saturated heterocycles. The van der Waals surface area contributed by atoms with Crippen molar-refractivity contribution in [1.82, 2.24) is 4.98 Å². The number of aryl methyl sites for hydroxylation is 1. The lowest BCUT2D eigenvalue weighted by Gasteiger charge is -2.11. The van der Waals surface area contributed by atoms with Crippen molar-refractivity contribution in [2.45, 2.75) is 26.7 Å². The van der Waals surface area contributed by atoms with Crippen molar-refractivity contribution in [3.8, 4) is 6.07 Å². The van der Waals surface area contributed by atoms with Gasteiger partial charge in [-0.2, -0.15) is 5.26 Å². The van der Waals surface area contributed by atoms with E-state index in [0.29, 0.717) is 23.4 Å². The van der Waals surface area contributed by atoms with E-state index in [1.807, 2.05) is 48.5 Å². The summed E-state index contributed by atoms with van der Waals surface area (Å²) in [7, 11) is 0. The van der Waals surface area contributed by atoms with Gasteiger partial charge in [-0.3, -0.25) is 9.59 Å². The number of anilines is 1. The fourth-order valence-corrected chi connectivity index (χ4v) is 3.69. The number of carbonyl (C=O) groups is 1. The first-order chi connectivity index (χ1) is 14.0. The summed E-state index contributed by atoms with van der Waals surface area (Å²) in [6, 6.07) is 15.3. The number of furan rings is 1. The maximum absolute atomic E-state index is 12.5. The lowest BCUT2D eigenvalue weighted by atomic mass is 9.99. The molecule has 1 amide bonds. The van der Waals surface area contributed by atoms with Crippen LogP contribution in [0.25, 0.3) is 21.9 Å². The number of nitrogens with zero attached hydrogens (tertiary/aromatic N) is 1. The largest absolute Gasteiger partial charge is 0.456 e. The number of nitrogens with one attached hydrogen (secondary N) is 2. The molecule has 0 unspecified atom stereocenters. The highest BCUT2D eigenvalue weighted by atomic mass is 16.3. The van der Waals surface area contributed by atoms with E-state index in [-0.39, 0.29) is 17.9 Å². The van der Waals surface area contributed by atoms with Crippen LogP contribution in [0.2, 0.25) is 0 Å². The number of hydrogen-bond acceptors (Lipinski definition) is 4. The Labute approximate surface area is 166 Å². The van der Waals surface area contributed by atoms with Gasteiger partial charge in [-0.25, -0.2) is 0 Å². The van der Waals surface area contributed by atoms with Gasteiger partial charge in [-0.1, -0.05) is 18.2 Å². The van der Waals surface area contributed by atoms with Crippen LogP contribution in [0.3, 0.4) is 0 Å². The lowest BCUT2D eigenvalue weighted by Crippen LogP contribution is -2.18. The van der Waals surface area contributed by atoms with Crippen LogP contribution in [0.1, 0.15) is 28.8 Å². The van der Waals surface area contributed by atoms with Crippen LogP contribution in [-0.2, 0) is 11.2 Å². The van der Waals surface area contributed by atoms with Crippen LogP contribution in [-0.4, -0.2) is 10.9 Å². The van der Waals surface area contributed by atoms with Gasteiger partial charge in [0.1, 0.15) is 22.8 Å². The van der Waals surface area contributed by atoms with Crippen molar-refractivity contribution in [3.63, 3.8) is 0 Å². The molecule has 0 atom stereocenters. The molecule has 4 aromatic rings. The SMILES string of the molecule is Cc1[nH]c(=O)c(C#N)c(C)c1CCC(=O)Nc1ccc2oc3ccccc3c2c1. The van der Waals surface area contributed by atoms with E-state index >= 15 is 0 Å². The average molecular weight is 385 g/mol. The number of rotatable bonds is 4. The molecule has 2 heterocycles. The Kier molecular flexibility index (Phi) is 4.65. The molecule has 2 N–H and O–H groups in total. The molecular formula is C23H19N3O3. The molecule has 6 heteroatoms. The van der Waals surface area contributed by atoms with Crippen LogP contribution in [0.4, 0.5) is 5.69 Å². The summed E-state index contributed by atoms with van der Waals surface area (Å²) in [5.41, 5.74) is 4.13. The number of para-hydroxylation sites is 1. The molecule has 0 aliphatic carbocycles. The minimum absolute atomic E-state index is 0.100. The highest BCUT2D eigenvalue weighted by molar-refractivity contribution is 6.06. The standard InChI is InChI=1S/C23H19N3O3/c1-13-16(14(2)25-23(28)19(13)12-24)8-10-22(27)26-15-7-9-21-18(11-15)17-5-3-4-6-20(17)29-21/h3-7,9,11H,8,10H2,1-2H3,(H,25,28)(H,26,27). The molecule has 0 saturated carbocycles.